The van der Waals surface area contributed by atoms with Crippen LogP contribution < -0.4 is 10.6 Å². The third-order valence-corrected chi connectivity index (χ3v) is 5.22. The van der Waals surface area contributed by atoms with E-state index in [0.717, 1.165) is 34.4 Å². The van der Waals surface area contributed by atoms with Crippen molar-refractivity contribution in [2.45, 2.75) is 19.6 Å². The molecule has 168 valence electrons. The summed E-state index contributed by atoms with van der Waals surface area (Å²) in [6.07, 6.45) is 3.22. The number of guanidine groups is 1. The van der Waals surface area contributed by atoms with Crippen LogP contribution in [-0.2, 0) is 19.6 Å². The van der Waals surface area contributed by atoms with Crippen LogP contribution in [0.3, 0.4) is 0 Å². The molecule has 0 spiro atoms. The molecule has 0 aliphatic rings. The van der Waals surface area contributed by atoms with E-state index < -0.39 is 11.6 Å². The van der Waals surface area contributed by atoms with Crippen molar-refractivity contribution in [2.75, 3.05) is 7.05 Å². The topological polar surface area (TPSA) is 67.1 Å². The van der Waals surface area contributed by atoms with Crippen LogP contribution in [0.4, 0.5) is 8.78 Å². The molecule has 4 aromatic rings. The number of halogens is 2. The molecule has 0 atom stereocenters. The molecule has 0 saturated carbocycles. The van der Waals surface area contributed by atoms with Crippen molar-refractivity contribution in [3.63, 3.8) is 0 Å². The number of benzene rings is 3. The largest absolute Gasteiger partial charge is 0.352 e. The first-order chi connectivity index (χ1) is 16.1. The standard InChI is InChI=1S/C25H24F2N6/c1-28-25(31-14-21-12-22(26)10-11-24(21)27)30-13-20-4-2-3-5-23(20)19-8-6-18(7-9-19)15-33-17-29-16-32-33/h2-12,16-17H,13-15H2,1H3,(H2,28,30,31). The van der Waals surface area contributed by atoms with Crippen LogP contribution in [0.15, 0.2) is 84.4 Å². The minimum absolute atomic E-state index is 0.123. The van der Waals surface area contributed by atoms with Gasteiger partial charge in [-0.05, 0) is 40.5 Å². The van der Waals surface area contributed by atoms with E-state index in [-0.39, 0.29) is 12.1 Å². The van der Waals surface area contributed by atoms with Crippen molar-refractivity contribution < 1.29 is 8.78 Å². The van der Waals surface area contributed by atoms with Crippen molar-refractivity contribution in [1.82, 2.24) is 25.4 Å². The first kappa shape index (κ1) is 22.1. The third-order valence-electron chi connectivity index (χ3n) is 5.22. The SMILES string of the molecule is CN=C(NCc1cc(F)ccc1F)NCc1ccccc1-c1ccc(Cn2cncn2)cc1. The van der Waals surface area contributed by atoms with E-state index in [1.54, 1.807) is 18.1 Å². The van der Waals surface area contributed by atoms with Gasteiger partial charge in [-0.2, -0.15) is 5.10 Å². The lowest BCUT2D eigenvalue weighted by Gasteiger charge is -2.15. The highest BCUT2D eigenvalue weighted by Gasteiger charge is 2.08. The number of hydrogen-bond donors (Lipinski definition) is 2. The monoisotopic (exact) mass is 446 g/mol. The maximum atomic E-state index is 13.9. The Kier molecular flexibility index (Phi) is 7.04. The van der Waals surface area contributed by atoms with Gasteiger partial charge in [-0.15, -0.1) is 0 Å². The van der Waals surface area contributed by atoms with E-state index in [0.29, 0.717) is 19.0 Å². The van der Waals surface area contributed by atoms with Gasteiger partial charge in [0.2, 0.25) is 0 Å². The predicted octanol–water partition coefficient (Wildman–Crippen LogP) is 4.14. The number of aromatic nitrogens is 3. The Bertz CT molecular complexity index is 1220. The van der Waals surface area contributed by atoms with E-state index in [9.17, 15) is 8.78 Å². The Morgan fingerprint density at radius 1 is 0.939 bits per heavy atom. The smallest absolute Gasteiger partial charge is 0.191 e. The van der Waals surface area contributed by atoms with Gasteiger partial charge in [-0.1, -0.05) is 48.5 Å². The van der Waals surface area contributed by atoms with E-state index in [1.165, 1.54) is 12.4 Å². The highest BCUT2D eigenvalue weighted by atomic mass is 19.1. The Balaban J connectivity index is 1.41. The molecule has 6 nitrogen and oxygen atoms in total. The van der Waals surface area contributed by atoms with Crippen LogP contribution in [0.25, 0.3) is 11.1 Å². The van der Waals surface area contributed by atoms with Gasteiger partial charge in [0.05, 0.1) is 6.54 Å². The highest BCUT2D eigenvalue weighted by molar-refractivity contribution is 5.80. The van der Waals surface area contributed by atoms with E-state index in [4.69, 9.17) is 0 Å². The van der Waals surface area contributed by atoms with Crippen LogP contribution in [0.5, 0.6) is 0 Å². The van der Waals surface area contributed by atoms with Crippen LogP contribution >= 0.6 is 0 Å². The number of hydrogen-bond acceptors (Lipinski definition) is 3. The Morgan fingerprint density at radius 2 is 1.70 bits per heavy atom. The fourth-order valence-electron chi connectivity index (χ4n) is 3.50. The van der Waals surface area contributed by atoms with Crippen LogP contribution in [0, 0.1) is 11.6 Å². The lowest BCUT2D eigenvalue weighted by molar-refractivity contribution is 0.581. The number of rotatable bonds is 7. The lowest BCUT2D eigenvalue weighted by Crippen LogP contribution is -2.36. The molecule has 1 heterocycles. The molecule has 0 unspecified atom stereocenters. The highest BCUT2D eigenvalue weighted by Crippen LogP contribution is 2.24. The van der Waals surface area contributed by atoms with Crippen molar-refractivity contribution >= 4 is 5.96 Å². The molecule has 0 aliphatic carbocycles. The Hall–Kier alpha value is -4.07. The van der Waals surface area contributed by atoms with Gasteiger partial charge in [0, 0.05) is 25.7 Å². The zero-order valence-corrected chi connectivity index (χ0v) is 18.2. The Morgan fingerprint density at radius 3 is 2.42 bits per heavy atom. The molecular weight excluding hydrogens is 422 g/mol. The van der Waals surface area contributed by atoms with Crippen molar-refractivity contribution in [3.05, 3.63) is 108 Å². The fourth-order valence-corrected chi connectivity index (χ4v) is 3.50. The Labute approximate surface area is 191 Å². The van der Waals surface area contributed by atoms with Gasteiger partial charge in [0.15, 0.2) is 5.96 Å². The van der Waals surface area contributed by atoms with Crippen molar-refractivity contribution in [1.29, 1.82) is 0 Å². The molecule has 0 bridgehead atoms. The zero-order chi connectivity index (χ0) is 23.0. The van der Waals surface area contributed by atoms with Crippen LogP contribution in [0.2, 0.25) is 0 Å². The van der Waals surface area contributed by atoms with E-state index in [1.807, 2.05) is 18.2 Å². The van der Waals surface area contributed by atoms with Gasteiger partial charge < -0.3 is 10.6 Å². The number of aliphatic imine (C=N–C) groups is 1. The molecule has 2 N–H and O–H groups in total. The second-order valence-corrected chi connectivity index (χ2v) is 7.46. The molecule has 33 heavy (non-hydrogen) atoms. The maximum Gasteiger partial charge on any atom is 0.191 e. The average molecular weight is 447 g/mol. The molecule has 1 aromatic heterocycles. The summed E-state index contributed by atoms with van der Waals surface area (Å²) >= 11 is 0. The fraction of sp³-hybridized carbons (Fsp3) is 0.160. The summed E-state index contributed by atoms with van der Waals surface area (Å²) < 4.78 is 29.1. The normalized spacial score (nSPS) is 11.4. The molecule has 0 amide bonds. The summed E-state index contributed by atoms with van der Waals surface area (Å²) in [6, 6.07) is 19.8. The average Bonchev–Trinajstić information content (AvgIpc) is 3.35. The summed E-state index contributed by atoms with van der Waals surface area (Å²) in [5, 5.41) is 10.4. The molecule has 0 aliphatic heterocycles. The first-order valence-electron chi connectivity index (χ1n) is 10.5. The minimum atomic E-state index is -0.475. The molecule has 8 heteroatoms. The summed E-state index contributed by atoms with van der Waals surface area (Å²) in [6.45, 7) is 1.30. The molecule has 3 aromatic carbocycles. The molecule has 0 fully saturated rings. The van der Waals surface area contributed by atoms with Gasteiger partial charge in [0.25, 0.3) is 0 Å². The van der Waals surface area contributed by atoms with Crippen molar-refractivity contribution in [3.8, 4) is 11.1 Å². The maximum absolute atomic E-state index is 13.9. The van der Waals surface area contributed by atoms with Gasteiger partial charge in [-0.25, -0.2) is 18.4 Å². The lowest BCUT2D eigenvalue weighted by atomic mass is 9.98. The zero-order valence-electron chi connectivity index (χ0n) is 18.2. The first-order valence-corrected chi connectivity index (χ1v) is 10.5. The summed E-state index contributed by atoms with van der Waals surface area (Å²) in [4.78, 5) is 8.15. The van der Waals surface area contributed by atoms with Crippen LogP contribution in [-0.4, -0.2) is 27.8 Å². The van der Waals surface area contributed by atoms with Gasteiger partial charge in [0.1, 0.15) is 24.3 Å². The molecule has 4 rings (SSSR count). The number of nitrogens with zero attached hydrogens (tertiary/aromatic N) is 4. The van der Waals surface area contributed by atoms with E-state index in [2.05, 4.69) is 56.0 Å². The quantitative estimate of drug-likeness (QED) is 0.331. The predicted molar refractivity (Wildman–Crippen MR) is 124 cm³/mol. The van der Waals surface area contributed by atoms with Gasteiger partial charge in [-0.3, -0.25) is 4.99 Å². The summed E-state index contributed by atoms with van der Waals surface area (Å²) in [7, 11) is 1.64. The second kappa shape index (κ2) is 10.5. The van der Waals surface area contributed by atoms with E-state index >= 15 is 0 Å². The third kappa shape index (κ3) is 5.79. The number of nitrogens with one attached hydrogen (secondary N) is 2. The molecule has 0 saturated heterocycles. The molecular formula is C25H24F2N6. The second-order valence-electron chi connectivity index (χ2n) is 7.46. The van der Waals surface area contributed by atoms with Crippen molar-refractivity contribution in [2.24, 2.45) is 4.99 Å². The summed E-state index contributed by atoms with van der Waals surface area (Å²) in [5.74, 6) is -0.439. The minimum Gasteiger partial charge on any atom is -0.352 e. The van der Waals surface area contributed by atoms with Gasteiger partial charge >= 0.3 is 0 Å². The summed E-state index contributed by atoms with van der Waals surface area (Å²) in [5.41, 5.74) is 4.66. The molecule has 0 radical (unpaired) electrons. The van der Waals surface area contributed by atoms with Crippen LogP contribution in [0.1, 0.15) is 16.7 Å².